The molecule has 0 aliphatic rings. The Balaban J connectivity index is 0.000000205. The van der Waals surface area contributed by atoms with E-state index in [-0.39, 0.29) is 12.1 Å². The molecule has 12 heteroatoms. The number of hydrogen-bond donors (Lipinski definition) is 4. The summed E-state index contributed by atoms with van der Waals surface area (Å²) in [6.07, 6.45) is 1.21. The normalized spacial score (nSPS) is 13.1. The first-order valence-corrected chi connectivity index (χ1v) is 17.6. The zero-order valence-electron chi connectivity index (χ0n) is 31.7. The van der Waals surface area contributed by atoms with Crippen LogP contribution in [0.15, 0.2) is 45.4 Å². The van der Waals surface area contributed by atoms with Crippen LogP contribution in [0.5, 0.6) is 0 Å². The van der Waals surface area contributed by atoms with Gasteiger partial charge in [0.2, 0.25) is 0 Å². The summed E-state index contributed by atoms with van der Waals surface area (Å²) in [5, 5.41) is 11.0. The van der Waals surface area contributed by atoms with Crippen LogP contribution >= 0.6 is 0 Å². The smallest absolute Gasteiger partial charge is 0.408 e. The summed E-state index contributed by atoms with van der Waals surface area (Å²) < 4.78 is 16.0. The van der Waals surface area contributed by atoms with E-state index in [0.717, 1.165) is 91.7 Å². The van der Waals surface area contributed by atoms with Gasteiger partial charge in [-0.2, -0.15) is 0 Å². The third kappa shape index (κ3) is 9.04. The van der Waals surface area contributed by atoms with Crippen LogP contribution in [-0.2, 0) is 4.74 Å². The summed E-state index contributed by atoms with van der Waals surface area (Å²) in [5.74, 6) is 4.09. The Labute approximate surface area is 299 Å². The Morgan fingerprint density at radius 3 is 1.69 bits per heavy atom. The van der Waals surface area contributed by atoms with E-state index in [9.17, 15) is 4.79 Å². The van der Waals surface area contributed by atoms with Crippen LogP contribution in [0.3, 0.4) is 0 Å². The number of nitrogens with one attached hydrogen (secondary N) is 3. The molecule has 1 amide bonds. The maximum absolute atomic E-state index is 12.3. The largest absolute Gasteiger partial charge is 0.444 e. The summed E-state index contributed by atoms with van der Waals surface area (Å²) in [6, 6.07) is 11.8. The highest BCUT2D eigenvalue weighted by Crippen LogP contribution is 2.32. The van der Waals surface area contributed by atoms with Gasteiger partial charge < -0.3 is 34.8 Å². The lowest BCUT2D eigenvalue weighted by Gasteiger charge is -2.23. The fourth-order valence-corrected chi connectivity index (χ4v) is 6.28. The Morgan fingerprint density at radius 2 is 1.25 bits per heavy atom. The van der Waals surface area contributed by atoms with Crippen molar-refractivity contribution in [2.45, 2.75) is 107 Å². The third-order valence-corrected chi connectivity index (χ3v) is 8.45. The minimum Gasteiger partial charge on any atom is -0.444 e. The van der Waals surface area contributed by atoms with Gasteiger partial charge in [-0.05, 0) is 109 Å². The first-order valence-electron chi connectivity index (χ1n) is 17.6. The first-order chi connectivity index (χ1) is 24.0. The van der Waals surface area contributed by atoms with E-state index in [1.165, 1.54) is 0 Å². The quantitative estimate of drug-likeness (QED) is 0.115. The molecule has 0 radical (unpaired) electrons. The van der Waals surface area contributed by atoms with Crippen molar-refractivity contribution in [1.82, 2.24) is 35.6 Å². The van der Waals surface area contributed by atoms with E-state index in [1.54, 1.807) is 0 Å². The maximum Gasteiger partial charge on any atom is 0.408 e. The summed E-state index contributed by atoms with van der Waals surface area (Å²) in [7, 11) is 0. The van der Waals surface area contributed by atoms with Gasteiger partial charge in [0.15, 0.2) is 0 Å². The second kappa shape index (κ2) is 15.1. The van der Waals surface area contributed by atoms with E-state index in [4.69, 9.17) is 24.5 Å². The fraction of sp³-hybridized carbons (Fsp3) is 0.462. The number of nitrogens with zero attached hydrogens (tertiary/aromatic N) is 4. The molecule has 0 aliphatic heterocycles. The highest BCUT2D eigenvalue weighted by Gasteiger charge is 2.24. The number of rotatable bonds is 9. The number of amides is 1. The SMILES string of the molecule is Cc1noc(C)c1-c1ccc2nc([C@@H](CC(C)C)NC(=O)OC(C)(C)C)[nH]c2c1.Cc1noc(C)c1-c1ccc2nc([C@H](N)CC(C)C)[nH]c2c1. The molecule has 12 nitrogen and oxygen atoms in total. The molecular weight excluding hydrogens is 644 g/mol. The van der Waals surface area contributed by atoms with Crippen LogP contribution in [0.1, 0.15) is 108 Å². The van der Waals surface area contributed by atoms with Crippen molar-refractivity contribution >= 4 is 28.2 Å². The third-order valence-electron chi connectivity index (χ3n) is 8.45. The molecule has 6 aromatic rings. The van der Waals surface area contributed by atoms with E-state index in [1.807, 2.05) is 78.8 Å². The number of H-pyrrole nitrogens is 2. The highest BCUT2D eigenvalue weighted by molar-refractivity contribution is 5.84. The average molecular weight is 697 g/mol. The van der Waals surface area contributed by atoms with Gasteiger partial charge in [0.05, 0.1) is 45.5 Å². The topological polar surface area (TPSA) is 174 Å². The lowest BCUT2D eigenvalue weighted by Crippen LogP contribution is -2.35. The minimum atomic E-state index is -0.552. The van der Waals surface area contributed by atoms with Crippen LogP contribution in [0, 0.1) is 39.5 Å². The molecule has 0 unspecified atom stereocenters. The zero-order chi connectivity index (χ0) is 37.2. The van der Waals surface area contributed by atoms with Gasteiger partial charge in [-0.3, -0.25) is 0 Å². The number of imidazole rings is 2. The van der Waals surface area contributed by atoms with Crippen LogP contribution < -0.4 is 11.1 Å². The zero-order valence-corrected chi connectivity index (χ0v) is 31.7. The number of fused-ring (bicyclic) bond motifs is 2. The molecule has 0 bridgehead atoms. The molecule has 272 valence electrons. The average Bonchev–Trinajstić information content (AvgIpc) is 3.80. The standard InChI is InChI=1S/C22H30N4O3.C17H22N4O/c1-12(2)10-18(25-21(27)28-22(5,6)7)20-23-16-9-8-15(11-17(16)24-20)19-13(3)26-29-14(19)4;1-9(2)7-13(18)17-19-14-6-5-12(8-15(14)20-17)16-10(3)21-22-11(16)4/h8-9,11-12,18H,10H2,1-7H3,(H,23,24)(H,25,27);5-6,8-9,13H,7,18H2,1-4H3,(H,19,20)/t18-;13-/m11/s1. The van der Waals surface area contributed by atoms with E-state index < -0.39 is 11.7 Å². The Morgan fingerprint density at radius 1 is 0.784 bits per heavy atom. The molecular formula is C39H52N8O4. The molecule has 0 aliphatic carbocycles. The number of carbonyl (C=O) groups excluding carboxylic acids is 1. The van der Waals surface area contributed by atoms with Crippen LogP contribution in [0.25, 0.3) is 44.3 Å². The Bertz CT molecular complexity index is 2070. The van der Waals surface area contributed by atoms with E-state index in [2.05, 4.69) is 64.3 Å². The van der Waals surface area contributed by atoms with Crippen molar-refractivity contribution < 1.29 is 18.6 Å². The number of ether oxygens (including phenoxy) is 1. The number of nitrogens with two attached hydrogens (primary N) is 1. The number of aryl methyl sites for hydroxylation is 4. The summed E-state index contributed by atoms with van der Waals surface area (Å²) in [4.78, 5) is 28.4. The highest BCUT2D eigenvalue weighted by atomic mass is 16.6. The second-order valence-electron chi connectivity index (χ2n) is 15.2. The van der Waals surface area contributed by atoms with Gasteiger partial charge in [-0.25, -0.2) is 14.8 Å². The van der Waals surface area contributed by atoms with Crippen molar-refractivity contribution in [3.63, 3.8) is 0 Å². The molecule has 0 fully saturated rings. The molecule has 5 N–H and O–H groups in total. The number of carbonyl (C=O) groups is 1. The van der Waals surface area contributed by atoms with E-state index in [0.29, 0.717) is 11.8 Å². The van der Waals surface area contributed by atoms with Gasteiger partial charge in [0.25, 0.3) is 0 Å². The summed E-state index contributed by atoms with van der Waals surface area (Å²) >= 11 is 0. The molecule has 6 rings (SSSR count). The van der Waals surface area contributed by atoms with Gasteiger partial charge in [0, 0.05) is 11.1 Å². The molecule has 51 heavy (non-hydrogen) atoms. The number of alkyl carbamates (subject to hydrolysis) is 1. The molecule has 2 atom stereocenters. The minimum absolute atomic E-state index is 0.0603. The Hall–Kier alpha value is -4.97. The van der Waals surface area contributed by atoms with Crippen LogP contribution in [-0.4, -0.2) is 41.9 Å². The van der Waals surface area contributed by atoms with Gasteiger partial charge in [-0.1, -0.05) is 50.1 Å². The predicted octanol–water partition coefficient (Wildman–Crippen LogP) is 9.33. The predicted molar refractivity (Wildman–Crippen MR) is 200 cm³/mol. The van der Waals surface area contributed by atoms with E-state index >= 15 is 0 Å². The monoisotopic (exact) mass is 696 g/mol. The van der Waals surface area contributed by atoms with Crippen molar-refractivity contribution in [2.24, 2.45) is 17.6 Å². The summed E-state index contributed by atoms with van der Waals surface area (Å²) in [6.45, 7) is 21.8. The maximum atomic E-state index is 12.3. The van der Waals surface area contributed by atoms with Crippen molar-refractivity contribution in [1.29, 1.82) is 0 Å². The van der Waals surface area contributed by atoms with Crippen molar-refractivity contribution in [2.75, 3.05) is 0 Å². The molecule has 0 saturated heterocycles. The molecule has 4 heterocycles. The van der Waals surface area contributed by atoms with Gasteiger partial charge >= 0.3 is 6.09 Å². The molecule has 0 saturated carbocycles. The summed E-state index contributed by atoms with van der Waals surface area (Å²) in [5.41, 5.74) is 15.2. The fourth-order valence-electron chi connectivity index (χ4n) is 6.28. The lowest BCUT2D eigenvalue weighted by atomic mass is 10.0. The lowest BCUT2D eigenvalue weighted by molar-refractivity contribution is 0.0495. The van der Waals surface area contributed by atoms with Gasteiger partial charge in [-0.15, -0.1) is 0 Å². The number of hydrogen-bond acceptors (Lipinski definition) is 9. The van der Waals surface area contributed by atoms with Crippen LogP contribution in [0.2, 0.25) is 0 Å². The number of aromatic amines is 2. The number of aromatic nitrogens is 6. The first kappa shape index (κ1) is 37.3. The molecule has 0 spiro atoms. The van der Waals surface area contributed by atoms with Crippen LogP contribution in [0.4, 0.5) is 4.79 Å². The Kier molecular flexibility index (Phi) is 11.0. The second-order valence-corrected chi connectivity index (χ2v) is 15.2. The van der Waals surface area contributed by atoms with Crippen molar-refractivity contribution in [3.8, 4) is 22.3 Å². The number of benzene rings is 2. The molecule has 4 aromatic heterocycles. The van der Waals surface area contributed by atoms with Crippen molar-refractivity contribution in [3.05, 3.63) is 71.0 Å². The van der Waals surface area contributed by atoms with Gasteiger partial charge in [0.1, 0.15) is 28.8 Å². The molecule has 2 aromatic carbocycles.